The van der Waals surface area contributed by atoms with E-state index in [4.69, 9.17) is 14.2 Å². The number of hydrogen-bond donors (Lipinski definition) is 4. The van der Waals surface area contributed by atoms with Crippen molar-refractivity contribution in [1.82, 2.24) is 0 Å². The molecule has 2 aliphatic heterocycles. The zero-order chi connectivity index (χ0) is 25.2. The maximum absolute atomic E-state index is 12.5. The van der Waals surface area contributed by atoms with Gasteiger partial charge in [-0.25, -0.2) is 0 Å². The molecule has 0 radical (unpaired) electrons. The van der Waals surface area contributed by atoms with Crippen LogP contribution in [0.2, 0.25) is 0 Å². The van der Waals surface area contributed by atoms with Crippen molar-refractivity contribution in [3.63, 3.8) is 0 Å². The first-order valence-electron chi connectivity index (χ1n) is 11.2. The number of ether oxygens (including phenoxy) is 3. The van der Waals surface area contributed by atoms with Crippen molar-refractivity contribution in [2.75, 3.05) is 13.4 Å². The summed E-state index contributed by atoms with van der Waals surface area (Å²) in [5, 5.41) is 42.6. The molecule has 8 heteroatoms. The Hall–Kier alpha value is -2.97. The molecule has 2 aromatic rings. The lowest BCUT2D eigenvalue weighted by Crippen LogP contribution is -2.55. The van der Waals surface area contributed by atoms with Gasteiger partial charge in [0.2, 0.25) is 12.6 Å². The van der Waals surface area contributed by atoms with E-state index in [1.807, 2.05) is 41.5 Å². The minimum Gasteiger partial charge on any atom is -0.507 e. The van der Waals surface area contributed by atoms with E-state index in [-0.39, 0.29) is 18.3 Å². The molecule has 34 heavy (non-hydrogen) atoms. The summed E-state index contributed by atoms with van der Waals surface area (Å²) in [5.41, 5.74) is 1.47. The Bertz CT molecular complexity index is 1110. The van der Waals surface area contributed by atoms with E-state index in [2.05, 4.69) is 0 Å². The number of carbonyl (C=O) groups is 1. The zero-order valence-electron chi connectivity index (χ0n) is 20.3. The van der Waals surface area contributed by atoms with Crippen LogP contribution in [0, 0.1) is 5.92 Å². The summed E-state index contributed by atoms with van der Waals surface area (Å²) < 4.78 is 16.6. The van der Waals surface area contributed by atoms with Crippen LogP contribution in [0.1, 0.15) is 69.7 Å². The molecule has 4 rings (SSSR count). The molecule has 8 nitrogen and oxygen atoms in total. The highest BCUT2D eigenvalue weighted by atomic mass is 16.7. The molecule has 2 aromatic carbocycles. The number of carboxylic acid groups (broad SMARTS) is 1. The molecular formula is C26H32O8. The van der Waals surface area contributed by atoms with Gasteiger partial charge in [0, 0.05) is 17.5 Å². The molecule has 0 aliphatic carbocycles. The molecule has 184 valence electrons. The van der Waals surface area contributed by atoms with E-state index in [1.54, 1.807) is 24.3 Å². The number of aliphatic hydroxyl groups is 2. The molecule has 4 N–H and O–H groups in total. The maximum atomic E-state index is 12.5. The van der Waals surface area contributed by atoms with Gasteiger partial charge in [-0.05, 0) is 33.6 Å². The van der Waals surface area contributed by atoms with Gasteiger partial charge in [0.15, 0.2) is 11.5 Å². The number of phenols is 1. The lowest BCUT2D eigenvalue weighted by atomic mass is 9.70. The third-order valence-electron chi connectivity index (χ3n) is 6.55. The molecule has 0 fully saturated rings. The van der Waals surface area contributed by atoms with Crippen molar-refractivity contribution < 1.29 is 39.4 Å². The fraction of sp³-hybridized carbons (Fsp3) is 0.500. The lowest BCUT2D eigenvalue weighted by Gasteiger charge is -2.43. The number of fused-ring (bicyclic) bond motifs is 2. The van der Waals surface area contributed by atoms with E-state index in [1.165, 1.54) is 0 Å². The van der Waals surface area contributed by atoms with Crippen LogP contribution in [0.15, 0.2) is 24.3 Å². The minimum absolute atomic E-state index is 0.0110. The van der Waals surface area contributed by atoms with Crippen LogP contribution in [0.4, 0.5) is 0 Å². The number of rotatable bonds is 3. The minimum atomic E-state index is -2.38. The Morgan fingerprint density at radius 2 is 1.50 bits per heavy atom. The average molecular weight is 473 g/mol. The first-order chi connectivity index (χ1) is 15.7. The number of aliphatic carboxylic acids is 1. The third kappa shape index (κ3) is 3.84. The van der Waals surface area contributed by atoms with E-state index >= 15 is 0 Å². The molecule has 3 atom stereocenters. The van der Waals surface area contributed by atoms with Crippen molar-refractivity contribution in [2.45, 2.75) is 64.1 Å². The van der Waals surface area contributed by atoms with Gasteiger partial charge in [-0.3, -0.25) is 4.79 Å². The quantitative estimate of drug-likeness (QED) is 0.534. The van der Waals surface area contributed by atoms with E-state index in [0.29, 0.717) is 33.8 Å². The smallest absolute Gasteiger partial charge is 0.314 e. The number of phenolic OH excluding ortho intramolecular Hbond substituents is 1. The van der Waals surface area contributed by atoms with Crippen LogP contribution in [0.5, 0.6) is 23.0 Å². The van der Waals surface area contributed by atoms with Crippen molar-refractivity contribution in [2.24, 2.45) is 5.92 Å². The lowest BCUT2D eigenvalue weighted by molar-refractivity contribution is -0.220. The Morgan fingerprint density at radius 1 is 0.971 bits per heavy atom. The molecule has 0 saturated carbocycles. The second-order valence-electron chi connectivity index (χ2n) is 11.1. The zero-order valence-corrected chi connectivity index (χ0v) is 20.3. The SMILES string of the molecule is CC(C)(C)c1cc([C@@H]2c3cc4c(cc3O[C@](O)(CO)[C@@H]2C(=O)O)OCO4)cc(C(C)(C)C)c1O. The molecule has 0 amide bonds. The first-order valence-corrected chi connectivity index (χ1v) is 11.2. The van der Waals surface area contributed by atoms with E-state index in [9.17, 15) is 25.2 Å². The first kappa shape index (κ1) is 24.2. The van der Waals surface area contributed by atoms with Gasteiger partial charge >= 0.3 is 5.97 Å². The van der Waals surface area contributed by atoms with Gasteiger partial charge in [0.05, 0.1) is 0 Å². The Balaban J connectivity index is 2.06. The predicted molar refractivity (Wildman–Crippen MR) is 124 cm³/mol. The molecular weight excluding hydrogens is 440 g/mol. The fourth-order valence-electron chi connectivity index (χ4n) is 4.78. The van der Waals surface area contributed by atoms with Crippen LogP contribution in [-0.2, 0) is 15.6 Å². The van der Waals surface area contributed by atoms with Crippen LogP contribution in [0.25, 0.3) is 0 Å². The maximum Gasteiger partial charge on any atom is 0.314 e. The second-order valence-corrected chi connectivity index (χ2v) is 11.1. The summed E-state index contributed by atoms with van der Waals surface area (Å²) in [6.07, 6.45) is 0. The number of aliphatic hydroxyl groups excluding tert-OH is 1. The van der Waals surface area contributed by atoms with Crippen LogP contribution >= 0.6 is 0 Å². The fourth-order valence-corrected chi connectivity index (χ4v) is 4.78. The number of hydrogen-bond acceptors (Lipinski definition) is 7. The summed E-state index contributed by atoms with van der Waals surface area (Å²) >= 11 is 0. The Morgan fingerprint density at radius 3 is 1.97 bits per heavy atom. The molecule has 2 aliphatic rings. The molecule has 0 aromatic heterocycles. The standard InChI is InChI=1S/C26H32O8/c1-24(2,3)15-7-13(8-16(22(15)28)25(4,5)6)20-14-9-18-19(33-12-32-18)10-17(14)34-26(31,11-27)21(20)23(29)30/h7-10,20-21,27-28,31H,11-12H2,1-6H3,(H,29,30)/t20-,21+,26-/m1/s1. The number of carboxylic acids is 1. The highest BCUT2D eigenvalue weighted by molar-refractivity contribution is 5.76. The highest BCUT2D eigenvalue weighted by Gasteiger charge is 2.54. The van der Waals surface area contributed by atoms with Crippen LogP contribution in [-0.4, -0.2) is 45.6 Å². The van der Waals surface area contributed by atoms with Crippen molar-refractivity contribution in [1.29, 1.82) is 0 Å². The van der Waals surface area contributed by atoms with Gasteiger partial charge in [-0.15, -0.1) is 0 Å². The number of benzene rings is 2. The third-order valence-corrected chi connectivity index (χ3v) is 6.55. The normalized spacial score (nSPS) is 23.9. The highest BCUT2D eigenvalue weighted by Crippen LogP contribution is 2.53. The van der Waals surface area contributed by atoms with E-state index in [0.717, 1.165) is 0 Å². The molecule has 0 spiro atoms. The van der Waals surface area contributed by atoms with E-state index < -0.39 is 41.0 Å². The summed E-state index contributed by atoms with van der Waals surface area (Å²) in [7, 11) is 0. The predicted octanol–water partition coefficient (Wildman–Crippen LogP) is 3.62. The molecule has 0 bridgehead atoms. The largest absolute Gasteiger partial charge is 0.507 e. The number of aromatic hydroxyl groups is 1. The molecule has 0 unspecified atom stereocenters. The van der Waals surface area contributed by atoms with Crippen LogP contribution in [0.3, 0.4) is 0 Å². The van der Waals surface area contributed by atoms with Crippen molar-refractivity contribution in [3.8, 4) is 23.0 Å². The van der Waals surface area contributed by atoms with Gasteiger partial charge < -0.3 is 34.6 Å². The summed E-state index contributed by atoms with van der Waals surface area (Å²) in [6.45, 7) is 10.9. The van der Waals surface area contributed by atoms with Gasteiger partial charge in [-0.2, -0.15) is 0 Å². The Labute approximate surface area is 198 Å². The van der Waals surface area contributed by atoms with Gasteiger partial charge in [0.25, 0.3) is 0 Å². The summed E-state index contributed by atoms with van der Waals surface area (Å²) in [5.74, 6) is -4.94. The average Bonchev–Trinajstić information content (AvgIpc) is 3.17. The monoisotopic (exact) mass is 472 g/mol. The summed E-state index contributed by atoms with van der Waals surface area (Å²) in [4.78, 5) is 12.5. The second kappa shape index (κ2) is 7.78. The summed E-state index contributed by atoms with van der Waals surface area (Å²) in [6, 6.07) is 6.76. The topological polar surface area (TPSA) is 126 Å². The van der Waals surface area contributed by atoms with Crippen LogP contribution < -0.4 is 14.2 Å². The molecule has 0 saturated heterocycles. The van der Waals surface area contributed by atoms with Crippen molar-refractivity contribution in [3.05, 3.63) is 46.5 Å². The van der Waals surface area contributed by atoms with Gasteiger partial charge in [-0.1, -0.05) is 53.7 Å². The Kier molecular flexibility index (Phi) is 5.53. The molecule has 2 heterocycles. The van der Waals surface area contributed by atoms with Crippen molar-refractivity contribution >= 4 is 5.97 Å². The van der Waals surface area contributed by atoms with Gasteiger partial charge in [0.1, 0.15) is 24.0 Å².